The Bertz CT molecular complexity index is 1560. The summed E-state index contributed by atoms with van der Waals surface area (Å²) in [7, 11) is -1.58. The molecule has 36 heavy (non-hydrogen) atoms. The third-order valence-electron chi connectivity index (χ3n) is 6.65. The number of sulfone groups is 1. The molecule has 1 amide bonds. The number of hydrogen-bond donors (Lipinski definition) is 1. The number of benzene rings is 2. The molecule has 0 bridgehead atoms. The number of aromatic nitrogens is 3. The first kappa shape index (κ1) is 24.0. The van der Waals surface area contributed by atoms with Crippen LogP contribution in [0.2, 0.25) is 0 Å². The molecule has 1 aliphatic heterocycles. The Labute approximate surface area is 210 Å². The van der Waals surface area contributed by atoms with Gasteiger partial charge in [-0.15, -0.1) is 0 Å². The van der Waals surface area contributed by atoms with E-state index in [1.54, 1.807) is 30.0 Å². The number of aryl methyl sites for hydroxylation is 2. The summed E-state index contributed by atoms with van der Waals surface area (Å²) in [5.41, 5.74) is 4.80. The van der Waals surface area contributed by atoms with Crippen LogP contribution in [-0.4, -0.2) is 47.7 Å². The lowest BCUT2D eigenvalue weighted by Crippen LogP contribution is -2.15. The summed E-state index contributed by atoms with van der Waals surface area (Å²) in [5, 5.41) is 8.24. The van der Waals surface area contributed by atoms with Crippen molar-refractivity contribution in [2.75, 3.05) is 23.9 Å². The van der Waals surface area contributed by atoms with Crippen molar-refractivity contribution >= 4 is 32.5 Å². The summed E-state index contributed by atoms with van der Waals surface area (Å²) in [5.74, 6) is 0.371. The van der Waals surface area contributed by atoms with E-state index in [4.69, 9.17) is 9.72 Å². The van der Waals surface area contributed by atoms with Crippen molar-refractivity contribution in [3.8, 4) is 17.0 Å². The molecule has 1 N–H and O–H groups in total. The predicted molar refractivity (Wildman–Crippen MR) is 140 cm³/mol. The Morgan fingerprint density at radius 1 is 1.17 bits per heavy atom. The Hall–Kier alpha value is -3.72. The third kappa shape index (κ3) is 4.46. The zero-order valence-corrected chi connectivity index (χ0v) is 21.3. The third-order valence-corrected chi connectivity index (χ3v) is 8.40. The minimum atomic E-state index is -3.13. The Morgan fingerprint density at radius 3 is 2.58 bits per heavy atom. The first-order chi connectivity index (χ1) is 17.3. The van der Waals surface area contributed by atoms with Gasteiger partial charge in [-0.1, -0.05) is 43.3 Å². The smallest absolute Gasteiger partial charge is 0.256 e. The van der Waals surface area contributed by atoms with Crippen molar-refractivity contribution in [3.63, 3.8) is 0 Å². The fourth-order valence-electron chi connectivity index (χ4n) is 4.71. The number of carbonyl (C=O) groups is 1. The summed E-state index contributed by atoms with van der Waals surface area (Å²) in [6, 6.07) is 16.7. The van der Waals surface area contributed by atoms with Crippen molar-refractivity contribution in [2.45, 2.75) is 32.7 Å². The summed E-state index contributed by atoms with van der Waals surface area (Å²) >= 11 is 0. The van der Waals surface area contributed by atoms with Gasteiger partial charge in [0.25, 0.3) is 5.91 Å². The highest BCUT2D eigenvalue weighted by Gasteiger charge is 2.32. The van der Waals surface area contributed by atoms with E-state index in [1.807, 2.05) is 43.3 Å². The maximum Gasteiger partial charge on any atom is 0.256 e. The van der Waals surface area contributed by atoms with E-state index in [-0.39, 0.29) is 23.5 Å². The number of nitrogens with zero attached hydrogens (tertiary/aromatic N) is 3. The van der Waals surface area contributed by atoms with Gasteiger partial charge >= 0.3 is 0 Å². The fourth-order valence-corrected chi connectivity index (χ4v) is 6.40. The highest BCUT2D eigenvalue weighted by Crippen LogP contribution is 2.33. The predicted octanol–water partition coefficient (Wildman–Crippen LogP) is 4.59. The highest BCUT2D eigenvalue weighted by molar-refractivity contribution is 7.91. The lowest BCUT2D eigenvalue weighted by atomic mass is 10.0. The van der Waals surface area contributed by atoms with Crippen LogP contribution in [0.4, 0.5) is 5.69 Å². The van der Waals surface area contributed by atoms with E-state index in [0.29, 0.717) is 45.8 Å². The lowest BCUT2D eigenvalue weighted by Gasteiger charge is -2.13. The zero-order chi connectivity index (χ0) is 25.4. The molecule has 4 aromatic rings. The van der Waals surface area contributed by atoms with Crippen LogP contribution in [0.15, 0.2) is 54.6 Å². The highest BCUT2D eigenvalue weighted by atomic mass is 32.2. The average Bonchev–Trinajstić information content (AvgIpc) is 3.42. The normalized spacial score (nSPS) is 16.8. The number of pyridine rings is 1. The van der Waals surface area contributed by atoms with Gasteiger partial charge in [-0.3, -0.25) is 4.79 Å². The molecule has 2 aromatic heterocycles. The fraction of sp³-hybridized carbons (Fsp3) is 0.296. The number of methoxy groups -OCH3 is 1. The van der Waals surface area contributed by atoms with Crippen molar-refractivity contribution in [1.29, 1.82) is 0 Å². The molecule has 1 fully saturated rings. The standard InChI is InChI=1S/C27H28N4O4S/c1-4-18-9-11-19(12-10-18)23-15-21(27(32)29-22-7-5-6-8-24(22)35-3)25-17(2)30-31(26(25)28-23)20-13-14-36(33,34)16-20/h5-12,15,20H,4,13-14,16H2,1-3H3,(H,29,32). The van der Waals surface area contributed by atoms with Gasteiger partial charge in [0.05, 0.1) is 52.7 Å². The van der Waals surface area contributed by atoms with Crippen molar-refractivity contribution in [1.82, 2.24) is 14.8 Å². The van der Waals surface area contributed by atoms with E-state index in [1.165, 1.54) is 5.56 Å². The first-order valence-corrected chi connectivity index (χ1v) is 13.8. The van der Waals surface area contributed by atoms with Crippen molar-refractivity contribution in [3.05, 3.63) is 71.4 Å². The molecule has 1 saturated heterocycles. The molecular weight excluding hydrogens is 476 g/mol. The molecule has 5 rings (SSSR count). The number of ether oxygens (including phenoxy) is 1. The zero-order valence-electron chi connectivity index (χ0n) is 20.5. The number of carbonyl (C=O) groups excluding carboxylic acids is 1. The molecule has 1 unspecified atom stereocenters. The van der Waals surface area contributed by atoms with Crippen LogP contribution in [0.25, 0.3) is 22.3 Å². The molecule has 3 heterocycles. The summed E-state index contributed by atoms with van der Waals surface area (Å²) < 4.78 is 31.5. The molecule has 1 atom stereocenters. The molecule has 8 nitrogen and oxygen atoms in total. The van der Waals surface area contributed by atoms with Crippen LogP contribution < -0.4 is 10.1 Å². The SMILES string of the molecule is CCc1ccc(-c2cc(C(=O)Nc3ccccc3OC)c3c(C)nn(C4CCS(=O)(=O)C4)c3n2)cc1. The van der Waals surface area contributed by atoms with Crippen LogP contribution in [0.1, 0.15) is 41.0 Å². The lowest BCUT2D eigenvalue weighted by molar-refractivity contribution is 0.102. The van der Waals surface area contributed by atoms with Gasteiger partial charge in [-0.2, -0.15) is 5.10 Å². The number of fused-ring (bicyclic) bond motifs is 1. The molecule has 9 heteroatoms. The average molecular weight is 505 g/mol. The Morgan fingerprint density at radius 2 is 1.92 bits per heavy atom. The van der Waals surface area contributed by atoms with Crippen molar-refractivity contribution in [2.24, 2.45) is 0 Å². The van der Waals surface area contributed by atoms with Gasteiger partial charge in [-0.25, -0.2) is 18.1 Å². The number of amides is 1. The molecule has 1 aliphatic rings. The second-order valence-corrected chi connectivity index (χ2v) is 11.3. The van der Waals surface area contributed by atoms with Gasteiger partial charge in [0.1, 0.15) is 5.75 Å². The van der Waals surface area contributed by atoms with E-state index >= 15 is 0 Å². The minimum absolute atomic E-state index is 0.0169. The van der Waals surface area contributed by atoms with Gasteiger partial charge in [0.2, 0.25) is 0 Å². The first-order valence-electron chi connectivity index (χ1n) is 11.9. The van der Waals surface area contributed by atoms with Gasteiger partial charge in [-0.05, 0) is 43.5 Å². The monoisotopic (exact) mass is 504 g/mol. The van der Waals surface area contributed by atoms with Crippen LogP contribution in [-0.2, 0) is 16.3 Å². The molecule has 186 valence electrons. The van der Waals surface area contributed by atoms with Gasteiger partial charge < -0.3 is 10.1 Å². The second kappa shape index (κ2) is 9.39. The van der Waals surface area contributed by atoms with E-state index in [2.05, 4.69) is 17.3 Å². The molecular formula is C27H28N4O4S. The Kier molecular flexibility index (Phi) is 6.26. The minimum Gasteiger partial charge on any atom is -0.495 e. The molecule has 0 radical (unpaired) electrons. The maximum atomic E-state index is 13.6. The molecule has 0 aliphatic carbocycles. The number of nitrogens with one attached hydrogen (secondary N) is 1. The van der Waals surface area contributed by atoms with E-state index < -0.39 is 9.84 Å². The van der Waals surface area contributed by atoms with Crippen LogP contribution in [0.5, 0.6) is 5.75 Å². The molecule has 0 saturated carbocycles. The topological polar surface area (TPSA) is 103 Å². The maximum absolute atomic E-state index is 13.6. The summed E-state index contributed by atoms with van der Waals surface area (Å²) in [6.45, 7) is 3.91. The van der Waals surface area contributed by atoms with Gasteiger partial charge in [0, 0.05) is 5.56 Å². The van der Waals surface area contributed by atoms with Crippen LogP contribution in [0.3, 0.4) is 0 Å². The van der Waals surface area contributed by atoms with E-state index in [9.17, 15) is 13.2 Å². The van der Waals surface area contributed by atoms with Crippen LogP contribution in [0, 0.1) is 6.92 Å². The van der Waals surface area contributed by atoms with E-state index in [0.717, 1.165) is 12.0 Å². The quantitative estimate of drug-likeness (QED) is 0.412. The molecule has 2 aromatic carbocycles. The van der Waals surface area contributed by atoms with Gasteiger partial charge in [0.15, 0.2) is 15.5 Å². The second-order valence-electron chi connectivity index (χ2n) is 9.05. The van der Waals surface area contributed by atoms with Crippen molar-refractivity contribution < 1.29 is 17.9 Å². The number of hydrogen-bond acceptors (Lipinski definition) is 6. The summed E-state index contributed by atoms with van der Waals surface area (Å²) in [6.07, 6.45) is 1.39. The number of para-hydroxylation sites is 2. The number of rotatable bonds is 6. The largest absolute Gasteiger partial charge is 0.495 e. The van der Waals surface area contributed by atoms with Crippen LogP contribution >= 0.6 is 0 Å². The Balaban J connectivity index is 1.67. The molecule has 0 spiro atoms. The summed E-state index contributed by atoms with van der Waals surface area (Å²) in [4.78, 5) is 18.5. The number of anilines is 1.